The molecule has 2 aromatic rings. The maximum absolute atomic E-state index is 12.6. The molecule has 1 N–H and O–H groups in total. The van der Waals surface area contributed by atoms with Crippen molar-refractivity contribution >= 4 is 16.7 Å². The van der Waals surface area contributed by atoms with Crippen molar-refractivity contribution in [3.05, 3.63) is 65.2 Å². The Labute approximate surface area is 154 Å². The van der Waals surface area contributed by atoms with Crippen LogP contribution in [-0.2, 0) is 16.6 Å². The van der Waals surface area contributed by atoms with Gasteiger partial charge < -0.3 is 10.1 Å². The standard InChI is InChI=1S/C19H21F2NO3S/c1-3-16(15-9-4-5-10-17(15)25-19(20)21)22-18(23)14-8-6-7-13(11-14)12-26(2)24/h4-11,16,19H,3,12H2,1-2H3,(H,22,23)/t16-,26-/m1/s1. The zero-order valence-corrected chi connectivity index (χ0v) is 15.4. The van der Waals surface area contributed by atoms with Gasteiger partial charge in [-0.3, -0.25) is 9.00 Å². The second-order valence-corrected chi connectivity index (χ2v) is 7.20. The van der Waals surface area contributed by atoms with Gasteiger partial charge in [-0.1, -0.05) is 37.3 Å². The highest BCUT2D eigenvalue weighted by Gasteiger charge is 2.19. The molecule has 2 rings (SSSR count). The molecule has 1 amide bonds. The fourth-order valence-electron chi connectivity index (χ4n) is 2.65. The normalized spacial score (nSPS) is 13.3. The third-order valence-corrected chi connectivity index (χ3v) is 4.52. The molecule has 0 fully saturated rings. The van der Waals surface area contributed by atoms with Crippen LogP contribution in [0.1, 0.15) is 40.9 Å². The van der Waals surface area contributed by atoms with E-state index in [1.807, 2.05) is 6.92 Å². The monoisotopic (exact) mass is 381 g/mol. The Hall–Kier alpha value is -2.28. The number of carbonyl (C=O) groups excluding carboxylic acids is 1. The Bertz CT molecular complexity index is 783. The molecule has 4 nitrogen and oxygen atoms in total. The number of hydrogen-bond donors (Lipinski definition) is 1. The summed E-state index contributed by atoms with van der Waals surface area (Å²) < 4.78 is 41.1. The summed E-state index contributed by atoms with van der Waals surface area (Å²) in [7, 11) is -1.01. The molecule has 0 bridgehead atoms. The molecule has 2 aromatic carbocycles. The number of para-hydroxylation sites is 1. The van der Waals surface area contributed by atoms with E-state index >= 15 is 0 Å². The number of carbonyl (C=O) groups is 1. The summed E-state index contributed by atoms with van der Waals surface area (Å²) in [6.07, 6.45) is 2.10. The lowest BCUT2D eigenvalue weighted by Crippen LogP contribution is -2.28. The molecular weight excluding hydrogens is 360 g/mol. The molecule has 0 spiro atoms. The predicted octanol–water partition coefficient (Wildman–Crippen LogP) is 4.05. The van der Waals surface area contributed by atoms with Crippen molar-refractivity contribution in [3.63, 3.8) is 0 Å². The summed E-state index contributed by atoms with van der Waals surface area (Å²) in [6, 6.07) is 12.8. The lowest BCUT2D eigenvalue weighted by atomic mass is 10.0. The van der Waals surface area contributed by atoms with Crippen LogP contribution in [0.3, 0.4) is 0 Å². The van der Waals surface area contributed by atoms with E-state index in [4.69, 9.17) is 0 Å². The van der Waals surface area contributed by atoms with E-state index in [9.17, 15) is 17.8 Å². The van der Waals surface area contributed by atoms with Gasteiger partial charge in [0.1, 0.15) is 5.75 Å². The van der Waals surface area contributed by atoms with Gasteiger partial charge in [0.2, 0.25) is 0 Å². The molecular formula is C19H21F2NO3S. The van der Waals surface area contributed by atoms with E-state index in [1.54, 1.807) is 48.7 Å². The van der Waals surface area contributed by atoms with E-state index in [0.29, 0.717) is 23.3 Å². The van der Waals surface area contributed by atoms with Crippen LogP contribution >= 0.6 is 0 Å². The van der Waals surface area contributed by atoms with E-state index in [-0.39, 0.29) is 11.7 Å². The fraction of sp³-hybridized carbons (Fsp3) is 0.316. The van der Waals surface area contributed by atoms with Crippen LogP contribution < -0.4 is 10.1 Å². The number of ether oxygens (including phenoxy) is 1. The number of alkyl halides is 2. The van der Waals surface area contributed by atoms with Gasteiger partial charge >= 0.3 is 6.61 Å². The number of halogens is 2. The van der Waals surface area contributed by atoms with Crippen LogP contribution in [-0.4, -0.2) is 23.0 Å². The van der Waals surface area contributed by atoms with Crippen LogP contribution in [0.4, 0.5) is 8.78 Å². The van der Waals surface area contributed by atoms with Crippen LogP contribution in [0, 0.1) is 0 Å². The number of rotatable bonds is 8. The average molecular weight is 381 g/mol. The number of nitrogens with one attached hydrogen (secondary N) is 1. The van der Waals surface area contributed by atoms with Gasteiger partial charge in [-0.2, -0.15) is 8.78 Å². The van der Waals surface area contributed by atoms with E-state index in [1.165, 1.54) is 6.07 Å². The molecule has 7 heteroatoms. The molecule has 0 saturated heterocycles. The minimum absolute atomic E-state index is 0.0461. The van der Waals surface area contributed by atoms with Gasteiger partial charge in [0.15, 0.2) is 0 Å². The zero-order valence-electron chi connectivity index (χ0n) is 14.6. The van der Waals surface area contributed by atoms with Gasteiger partial charge in [-0.05, 0) is 30.2 Å². The summed E-state index contributed by atoms with van der Waals surface area (Å²) in [6.45, 7) is -1.09. The molecule has 140 valence electrons. The highest BCUT2D eigenvalue weighted by molar-refractivity contribution is 7.83. The van der Waals surface area contributed by atoms with Crippen molar-refractivity contribution in [2.75, 3.05) is 6.26 Å². The van der Waals surface area contributed by atoms with Crippen LogP contribution in [0.15, 0.2) is 48.5 Å². The first-order chi connectivity index (χ1) is 12.4. The summed E-state index contributed by atoms with van der Waals surface area (Å²) >= 11 is 0. The molecule has 0 aliphatic heterocycles. The first kappa shape index (κ1) is 20.0. The molecule has 0 aliphatic rings. The topological polar surface area (TPSA) is 55.4 Å². The van der Waals surface area contributed by atoms with Crippen molar-refractivity contribution in [3.8, 4) is 5.75 Å². The number of amides is 1. The van der Waals surface area contributed by atoms with Crippen LogP contribution in [0.5, 0.6) is 5.75 Å². The first-order valence-corrected chi connectivity index (χ1v) is 9.87. The Morgan fingerprint density at radius 2 is 1.92 bits per heavy atom. The molecule has 0 radical (unpaired) electrons. The molecule has 0 heterocycles. The van der Waals surface area contributed by atoms with Crippen molar-refractivity contribution in [1.29, 1.82) is 0 Å². The molecule has 0 saturated carbocycles. The molecule has 0 aliphatic carbocycles. The number of benzene rings is 2. The van der Waals surface area contributed by atoms with E-state index < -0.39 is 23.5 Å². The van der Waals surface area contributed by atoms with Gasteiger partial charge in [-0.15, -0.1) is 0 Å². The van der Waals surface area contributed by atoms with Crippen molar-refractivity contribution < 1.29 is 22.5 Å². The van der Waals surface area contributed by atoms with Gasteiger partial charge in [-0.25, -0.2) is 0 Å². The Kier molecular flexibility index (Phi) is 7.26. The third kappa shape index (κ3) is 5.62. The van der Waals surface area contributed by atoms with Gasteiger partial charge in [0, 0.05) is 33.9 Å². The van der Waals surface area contributed by atoms with Crippen LogP contribution in [0.25, 0.3) is 0 Å². The van der Waals surface area contributed by atoms with Crippen LogP contribution in [0.2, 0.25) is 0 Å². The van der Waals surface area contributed by atoms with Gasteiger partial charge in [0.05, 0.1) is 6.04 Å². The summed E-state index contributed by atoms with van der Waals surface area (Å²) in [5.41, 5.74) is 1.72. The van der Waals surface area contributed by atoms with Crippen molar-refractivity contribution in [2.24, 2.45) is 0 Å². The lowest BCUT2D eigenvalue weighted by molar-refractivity contribution is -0.0506. The molecule has 26 heavy (non-hydrogen) atoms. The minimum Gasteiger partial charge on any atom is -0.434 e. The first-order valence-electron chi connectivity index (χ1n) is 8.14. The molecule has 0 unspecified atom stereocenters. The van der Waals surface area contributed by atoms with Gasteiger partial charge in [0.25, 0.3) is 5.91 Å². The second-order valence-electron chi connectivity index (χ2n) is 5.77. The third-order valence-electron chi connectivity index (χ3n) is 3.78. The maximum Gasteiger partial charge on any atom is 0.387 e. The molecule has 2 atom stereocenters. The molecule has 0 aromatic heterocycles. The lowest BCUT2D eigenvalue weighted by Gasteiger charge is -2.20. The zero-order chi connectivity index (χ0) is 19.1. The van der Waals surface area contributed by atoms with Crippen molar-refractivity contribution in [2.45, 2.75) is 31.8 Å². The predicted molar refractivity (Wildman–Crippen MR) is 97.8 cm³/mol. The smallest absolute Gasteiger partial charge is 0.387 e. The quantitative estimate of drug-likeness (QED) is 0.751. The average Bonchev–Trinajstić information content (AvgIpc) is 2.59. The largest absolute Gasteiger partial charge is 0.434 e. The number of hydrogen-bond acceptors (Lipinski definition) is 3. The Morgan fingerprint density at radius 3 is 2.58 bits per heavy atom. The van der Waals surface area contributed by atoms with Crippen molar-refractivity contribution in [1.82, 2.24) is 5.32 Å². The minimum atomic E-state index is -2.93. The summed E-state index contributed by atoms with van der Waals surface area (Å²) in [5.74, 6) is 0.0841. The maximum atomic E-state index is 12.6. The highest BCUT2D eigenvalue weighted by Crippen LogP contribution is 2.28. The highest BCUT2D eigenvalue weighted by atomic mass is 32.2. The second kappa shape index (κ2) is 9.43. The van der Waals surface area contributed by atoms with E-state index in [0.717, 1.165) is 5.56 Å². The summed E-state index contributed by atoms with van der Waals surface area (Å²) in [5, 5.41) is 2.85. The summed E-state index contributed by atoms with van der Waals surface area (Å²) in [4.78, 5) is 12.6. The fourth-order valence-corrected chi connectivity index (χ4v) is 3.30. The van der Waals surface area contributed by atoms with E-state index in [2.05, 4.69) is 10.1 Å². The SMILES string of the molecule is CC[C@@H](NC(=O)c1cccc(C[S@@](C)=O)c1)c1ccccc1OC(F)F. The Balaban J connectivity index is 2.20. The Morgan fingerprint density at radius 1 is 1.19 bits per heavy atom.